The Morgan fingerprint density at radius 2 is 1.85 bits per heavy atom. The van der Waals surface area contributed by atoms with E-state index in [2.05, 4.69) is 20.7 Å². The number of esters is 1. The van der Waals surface area contributed by atoms with Gasteiger partial charge in [0.25, 0.3) is 5.91 Å². The van der Waals surface area contributed by atoms with Gasteiger partial charge in [-0.2, -0.15) is 0 Å². The van der Waals surface area contributed by atoms with E-state index in [9.17, 15) is 18.0 Å². The van der Waals surface area contributed by atoms with E-state index >= 15 is 0 Å². The molecule has 0 saturated carbocycles. The molecule has 2 rings (SSSR count). The first-order valence-corrected chi connectivity index (χ1v) is 10.5. The van der Waals surface area contributed by atoms with Gasteiger partial charge in [0, 0.05) is 16.6 Å². The standard InChI is InChI=1S/C18H19BrN2O5S/c1-2-27(24,25)21-11-12-6-8-13(9-7-12)18(23)26-16(17(20)22)14-4-3-5-15(19)10-14/h3-10,16,21H,2,11H2,1H3,(H2,20,22). The van der Waals surface area contributed by atoms with Crippen molar-refractivity contribution in [3.8, 4) is 0 Å². The Bertz CT molecular complexity index is 929. The van der Waals surface area contributed by atoms with Crippen molar-refractivity contribution >= 4 is 37.8 Å². The highest BCUT2D eigenvalue weighted by Gasteiger charge is 2.23. The van der Waals surface area contributed by atoms with Gasteiger partial charge >= 0.3 is 5.97 Å². The van der Waals surface area contributed by atoms with Crippen LogP contribution in [-0.4, -0.2) is 26.0 Å². The number of carbonyl (C=O) groups is 2. The van der Waals surface area contributed by atoms with Crippen LogP contribution in [0.1, 0.15) is 34.5 Å². The lowest BCUT2D eigenvalue weighted by Gasteiger charge is -2.15. The first kappa shape index (κ1) is 21.1. The SMILES string of the molecule is CCS(=O)(=O)NCc1ccc(C(=O)OC(C(N)=O)c2cccc(Br)c2)cc1. The average molecular weight is 455 g/mol. The van der Waals surface area contributed by atoms with Crippen molar-refractivity contribution in [3.63, 3.8) is 0 Å². The highest BCUT2D eigenvalue weighted by Crippen LogP contribution is 2.22. The lowest BCUT2D eigenvalue weighted by molar-refractivity contribution is -0.127. The zero-order valence-electron chi connectivity index (χ0n) is 14.5. The summed E-state index contributed by atoms with van der Waals surface area (Å²) in [7, 11) is -3.30. The van der Waals surface area contributed by atoms with Crippen LogP contribution in [-0.2, 0) is 26.1 Å². The van der Waals surface area contributed by atoms with Crippen molar-refractivity contribution in [3.05, 3.63) is 69.7 Å². The molecule has 0 fully saturated rings. The number of rotatable bonds is 8. The quantitative estimate of drug-likeness (QED) is 0.593. The highest BCUT2D eigenvalue weighted by molar-refractivity contribution is 9.10. The van der Waals surface area contributed by atoms with Gasteiger partial charge in [-0.25, -0.2) is 17.9 Å². The number of sulfonamides is 1. The molecule has 0 aromatic heterocycles. The maximum Gasteiger partial charge on any atom is 0.339 e. The topological polar surface area (TPSA) is 116 Å². The predicted octanol–water partition coefficient (Wildman–Crippen LogP) is 2.27. The van der Waals surface area contributed by atoms with E-state index in [1.165, 1.54) is 12.1 Å². The van der Waals surface area contributed by atoms with Crippen LogP contribution in [0, 0.1) is 0 Å². The Balaban J connectivity index is 2.09. The van der Waals surface area contributed by atoms with E-state index in [-0.39, 0.29) is 17.9 Å². The molecule has 0 aliphatic heterocycles. The van der Waals surface area contributed by atoms with E-state index in [1.807, 2.05) is 0 Å². The van der Waals surface area contributed by atoms with E-state index < -0.39 is 28.0 Å². The normalized spacial score (nSPS) is 12.4. The van der Waals surface area contributed by atoms with Crippen LogP contribution < -0.4 is 10.5 Å². The first-order valence-electron chi connectivity index (χ1n) is 8.04. The van der Waals surface area contributed by atoms with E-state index in [0.29, 0.717) is 11.1 Å². The molecule has 1 atom stereocenters. The summed E-state index contributed by atoms with van der Waals surface area (Å²) in [5.74, 6) is -1.51. The maximum atomic E-state index is 12.3. The fraction of sp³-hybridized carbons (Fsp3) is 0.222. The van der Waals surface area contributed by atoms with Crippen molar-refractivity contribution in [2.24, 2.45) is 5.73 Å². The van der Waals surface area contributed by atoms with Crippen LogP contribution in [0.5, 0.6) is 0 Å². The van der Waals surface area contributed by atoms with E-state index in [4.69, 9.17) is 10.5 Å². The van der Waals surface area contributed by atoms with Crippen LogP contribution in [0.25, 0.3) is 0 Å². The maximum absolute atomic E-state index is 12.3. The number of halogens is 1. The van der Waals surface area contributed by atoms with Gasteiger partial charge in [0.15, 0.2) is 0 Å². The Morgan fingerprint density at radius 1 is 1.19 bits per heavy atom. The number of nitrogens with one attached hydrogen (secondary N) is 1. The van der Waals surface area contributed by atoms with Crippen molar-refractivity contribution in [2.45, 2.75) is 19.6 Å². The third-order valence-electron chi connectivity index (χ3n) is 3.70. The lowest BCUT2D eigenvalue weighted by atomic mass is 10.1. The van der Waals surface area contributed by atoms with Gasteiger partial charge in [0.05, 0.1) is 11.3 Å². The number of hydrogen-bond acceptors (Lipinski definition) is 5. The molecule has 0 radical (unpaired) electrons. The summed E-state index contributed by atoms with van der Waals surface area (Å²) in [6.45, 7) is 1.66. The Kier molecular flexibility index (Phi) is 7.11. The summed E-state index contributed by atoms with van der Waals surface area (Å²) in [6, 6.07) is 13.0. The molecule has 1 amide bonds. The minimum Gasteiger partial charge on any atom is -0.444 e. The molecule has 2 aromatic rings. The second-order valence-corrected chi connectivity index (χ2v) is 8.68. The highest BCUT2D eigenvalue weighted by atomic mass is 79.9. The molecule has 27 heavy (non-hydrogen) atoms. The third kappa shape index (κ3) is 6.16. The second-order valence-electron chi connectivity index (χ2n) is 5.66. The third-order valence-corrected chi connectivity index (χ3v) is 5.54. The number of carbonyl (C=O) groups excluding carboxylic acids is 2. The molecular formula is C18H19BrN2O5S. The van der Waals surface area contributed by atoms with Gasteiger partial charge in [-0.15, -0.1) is 0 Å². The van der Waals surface area contributed by atoms with Crippen LogP contribution in [0.3, 0.4) is 0 Å². The smallest absolute Gasteiger partial charge is 0.339 e. The number of hydrogen-bond donors (Lipinski definition) is 2. The van der Waals surface area contributed by atoms with Gasteiger partial charge in [-0.1, -0.05) is 40.2 Å². The summed E-state index contributed by atoms with van der Waals surface area (Å²) < 4.78 is 31.3. The molecule has 1 unspecified atom stereocenters. The lowest BCUT2D eigenvalue weighted by Crippen LogP contribution is -2.26. The largest absolute Gasteiger partial charge is 0.444 e. The predicted molar refractivity (Wildman–Crippen MR) is 104 cm³/mol. The monoisotopic (exact) mass is 454 g/mol. The molecule has 0 bridgehead atoms. The Morgan fingerprint density at radius 3 is 2.41 bits per heavy atom. The van der Waals surface area contributed by atoms with Crippen molar-refractivity contribution < 1.29 is 22.7 Å². The average Bonchev–Trinajstić information content (AvgIpc) is 2.64. The van der Waals surface area contributed by atoms with Crippen molar-refractivity contribution in [1.82, 2.24) is 4.72 Å². The summed E-state index contributed by atoms with van der Waals surface area (Å²) >= 11 is 3.29. The number of nitrogens with two attached hydrogens (primary N) is 1. The summed E-state index contributed by atoms with van der Waals surface area (Å²) in [4.78, 5) is 24.0. The molecule has 7 nitrogen and oxygen atoms in total. The Labute approximate surface area is 166 Å². The molecule has 0 spiro atoms. The van der Waals surface area contributed by atoms with E-state index in [0.717, 1.165) is 4.47 Å². The molecule has 0 aliphatic carbocycles. The zero-order chi connectivity index (χ0) is 20.0. The van der Waals surface area contributed by atoms with Gasteiger partial charge in [0.2, 0.25) is 16.1 Å². The molecule has 2 aromatic carbocycles. The van der Waals surface area contributed by atoms with Gasteiger partial charge in [0.1, 0.15) is 0 Å². The van der Waals surface area contributed by atoms with Crippen LogP contribution in [0.15, 0.2) is 53.0 Å². The number of benzene rings is 2. The fourth-order valence-electron chi connectivity index (χ4n) is 2.19. The minimum absolute atomic E-state index is 0.0124. The van der Waals surface area contributed by atoms with Crippen LogP contribution >= 0.6 is 15.9 Å². The van der Waals surface area contributed by atoms with Crippen molar-refractivity contribution in [2.75, 3.05) is 5.75 Å². The Hall–Kier alpha value is -2.23. The summed E-state index contributed by atoms with van der Waals surface area (Å²) in [5.41, 5.74) is 6.72. The fourth-order valence-corrected chi connectivity index (χ4v) is 3.20. The molecule has 9 heteroatoms. The minimum atomic E-state index is -3.30. The molecular weight excluding hydrogens is 436 g/mol. The summed E-state index contributed by atoms with van der Waals surface area (Å²) in [5, 5.41) is 0. The molecule has 0 aliphatic rings. The molecule has 144 valence electrons. The number of amides is 1. The summed E-state index contributed by atoms with van der Waals surface area (Å²) in [6.07, 6.45) is -1.22. The van der Waals surface area contributed by atoms with Crippen LogP contribution in [0.2, 0.25) is 0 Å². The van der Waals surface area contributed by atoms with Gasteiger partial charge in [-0.3, -0.25) is 4.79 Å². The number of ether oxygens (including phenoxy) is 1. The van der Waals surface area contributed by atoms with E-state index in [1.54, 1.807) is 43.3 Å². The second kappa shape index (κ2) is 9.12. The molecule has 0 heterocycles. The van der Waals surface area contributed by atoms with Gasteiger partial charge in [-0.05, 0) is 36.8 Å². The zero-order valence-corrected chi connectivity index (χ0v) is 16.9. The number of primary amides is 1. The molecule has 3 N–H and O–H groups in total. The van der Waals surface area contributed by atoms with Gasteiger partial charge < -0.3 is 10.5 Å². The first-order chi connectivity index (χ1) is 12.7. The van der Waals surface area contributed by atoms with Crippen molar-refractivity contribution in [1.29, 1.82) is 0 Å². The molecule has 0 saturated heterocycles. The van der Waals surface area contributed by atoms with Crippen LogP contribution in [0.4, 0.5) is 0 Å².